The third kappa shape index (κ3) is 4.94. The van der Waals surface area contributed by atoms with Gasteiger partial charge in [-0.2, -0.15) is 4.52 Å². The van der Waals surface area contributed by atoms with E-state index in [4.69, 9.17) is 15.2 Å². The third-order valence-electron chi connectivity index (χ3n) is 6.79. The van der Waals surface area contributed by atoms with Crippen molar-refractivity contribution in [2.45, 2.75) is 51.1 Å². The highest BCUT2D eigenvalue weighted by atomic mass is 35.5. The van der Waals surface area contributed by atoms with Crippen molar-refractivity contribution in [1.82, 2.24) is 19.5 Å². The van der Waals surface area contributed by atoms with Crippen LogP contribution in [0.4, 0.5) is 5.82 Å². The van der Waals surface area contributed by atoms with E-state index in [0.717, 1.165) is 38.5 Å². The lowest BCUT2D eigenvalue weighted by Crippen LogP contribution is -2.37. The molecule has 0 atom stereocenters. The smallest absolute Gasteiger partial charge is 0.270 e. The molecule has 2 aliphatic heterocycles. The van der Waals surface area contributed by atoms with Gasteiger partial charge in [-0.3, -0.25) is 14.2 Å². The van der Waals surface area contributed by atoms with Gasteiger partial charge >= 0.3 is 0 Å². The molecule has 3 fully saturated rings. The topological polar surface area (TPSA) is 133 Å². The number of halogens is 1. The fourth-order valence-electron chi connectivity index (χ4n) is 4.62. The molecular formula is C23H32ClN5O5. The molecule has 186 valence electrons. The van der Waals surface area contributed by atoms with Crippen LogP contribution in [0.25, 0.3) is 11.7 Å². The van der Waals surface area contributed by atoms with Gasteiger partial charge in [0.2, 0.25) is 5.88 Å². The summed E-state index contributed by atoms with van der Waals surface area (Å²) in [6, 6.07) is 0.0524. The Morgan fingerprint density at radius 3 is 2.41 bits per heavy atom. The minimum Gasteiger partial charge on any atom is -0.492 e. The van der Waals surface area contributed by atoms with Crippen LogP contribution in [0.5, 0.6) is 5.88 Å². The number of nitrogens with zero attached hydrogens (tertiary/aromatic N) is 3. The van der Waals surface area contributed by atoms with Crippen molar-refractivity contribution in [3.05, 3.63) is 27.6 Å². The van der Waals surface area contributed by atoms with Gasteiger partial charge in [0.15, 0.2) is 17.0 Å². The Kier molecular flexibility index (Phi) is 7.49. The Balaban J connectivity index is 0.00000274. The van der Waals surface area contributed by atoms with E-state index in [9.17, 15) is 14.7 Å². The number of carbonyl (C=O) groups is 1. The van der Waals surface area contributed by atoms with Crippen LogP contribution in [0, 0.1) is 11.8 Å². The minimum absolute atomic E-state index is 0. The predicted octanol–water partition coefficient (Wildman–Crippen LogP) is 1.96. The molecule has 1 saturated carbocycles. The Morgan fingerprint density at radius 2 is 1.76 bits per heavy atom. The minimum atomic E-state index is -0.573. The lowest BCUT2D eigenvalue weighted by Gasteiger charge is -2.24. The number of nitrogen functional groups attached to an aromatic ring is 1. The molecule has 3 aliphatic rings. The lowest BCUT2D eigenvalue weighted by atomic mass is 9.99. The molecule has 0 aromatic carbocycles. The van der Waals surface area contributed by atoms with E-state index in [2.05, 4.69) is 16.5 Å². The second-order valence-electron chi connectivity index (χ2n) is 9.26. The molecule has 11 heteroatoms. The van der Waals surface area contributed by atoms with Gasteiger partial charge in [-0.25, -0.2) is 0 Å². The lowest BCUT2D eigenvalue weighted by molar-refractivity contribution is 0.0611. The molecule has 1 amide bonds. The fraction of sp³-hybridized carbons (Fsp3) is 0.609. The number of nitrogens with one attached hydrogen (secondary N) is 1. The second kappa shape index (κ2) is 10.4. The summed E-state index contributed by atoms with van der Waals surface area (Å²) in [5, 5.41) is 18.0. The van der Waals surface area contributed by atoms with Crippen molar-refractivity contribution in [3.63, 3.8) is 0 Å². The quantitative estimate of drug-likeness (QED) is 0.560. The first-order valence-corrected chi connectivity index (χ1v) is 11.8. The van der Waals surface area contributed by atoms with Gasteiger partial charge in [-0.15, -0.1) is 17.5 Å². The number of nitrogens with two attached hydrogens (primary N) is 1. The zero-order chi connectivity index (χ0) is 22.9. The number of aromatic hydroxyl groups is 1. The Hall–Kier alpha value is -2.56. The second-order valence-corrected chi connectivity index (χ2v) is 9.26. The molecule has 5 rings (SSSR count). The van der Waals surface area contributed by atoms with Crippen LogP contribution in [0.3, 0.4) is 0 Å². The number of hydrogen-bond acceptors (Lipinski definition) is 7. The number of rotatable bonds is 6. The van der Waals surface area contributed by atoms with E-state index in [0.29, 0.717) is 50.1 Å². The summed E-state index contributed by atoms with van der Waals surface area (Å²) in [5.74, 6) is -0.285. The monoisotopic (exact) mass is 493 g/mol. The van der Waals surface area contributed by atoms with Crippen LogP contribution < -0.4 is 16.6 Å². The van der Waals surface area contributed by atoms with Crippen molar-refractivity contribution in [2.75, 3.05) is 32.2 Å². The van der Waals surface area contributed by atoms with Crippen LogP contribution in [0.15, 0.2) is 10.9 Å². The summed E-state index contributed by atoms with van der Waals surface area (Å²) in [4.78, 5) is 26.4. The highest BCUT2D eigenvalue weighted by Gasteiger charge is 2.31. The summed E-state index contributed by atoms with van der Waals surface area (Å²) in [7, 11) is 0. The maximum atomic E-state index is 13.6. The van der Waals surface area contributed by atoms with Gasteiger partial charge in [0.1, 0.15) is 0 Å². The van der Waals surface area contributed by atoms with E-state index in [-0.39, 0.29) is 35.7 Å². The number of anilines is 1. The summed E-state index contributed by atoms with van der Waals surface area (Å²) in [5.41, 5.74) is 6.43. The molecule has 0 radical (unpaired) electrons. The molecule has 2 saturated heterocycles. The van der Waals surface area contributed by atoms with Crippen LogP contribution >= 0.6 is 12.4 Å². The summed E-state index contributed by atoms with van der Waals surface area (Å²) >= 11 is 0. The number of allylic oxidation sites excluding steroid dienone is 1. The highest BCUT2D eigenvalue weighted by Crippen LogP contribution is 2.28. The maximum absolute atomic E-state index is 13.6. The molecule has 2 aromatic heterocycles. The molecular weight excluding hydrogens is 462 g/mol. The van der Waals surface area contributed by atoms with Gasteiger partial charge in [-0.05, 0) is 50.4 Å². The third-order valence-corrected chi connectivity index (χ3v) is 6.79. The van der Waals surface area contributed by atoms with Crippen molar-refractivity contribution in [2.24, 2.45) is 11.8 Å². The molecule has 4 N–H and O–H groups in total. The van der Waals surface area contributed by atoms with Gasteiger partial charge < -0.3 is 25.6 Å². The van der Waals surface area contributed by atoms with E-state index >= 15 is 0 Å². The number of ether oxygens (including phenoxy) is 2. The predicted molar refractivity (Wildman–Crippen MR) is 129 cm³/mol. The normalized spacial score (nSPS) is 20.0. The van der Waals surface area contributed by atoms with Gasteiger partial charge in [-0.1, -0.05) is 12.2 Å². The van der Waals surface area contributed by atoms with Crippen molar-refractivity contribution < 1.29 is 19.4 Å². The largest absolute Gasteiger partial charge is 0.492 e. The number of amides is 1. The summed E-state index contributed by atoms with van der Waals surface area (Å²) in [6.07, 6.45) is 9.19. The van der Waals surface area contributed by atoms with Crippen LogP contribution in [-0.4, -0.2) is 57.7 Å². The van der Waals surface area contributed by atoms with Gasteiger partial charge in [0, 0.05) is 39.0 Å². The number of aromatic nitrogens is 3. The molecule has 1 aliphatic carbocycles. The summed E-state index contributed by atoms with van der Waals surface area (Å²) in [6.45, 7) is 3.11. The Bertz CT molecular complexity index is 1130. The highest BCUT2D eigenvalue weighted by molar-refractivity contribution is 5.97. The standard InChI is InChI=1S/C23H31N5O5.ClH/c24-19-17(4-1-14-5-9-32-10-6-14)21-27(13-15-7-11-33-12-8-15)22(30)18(23(31)28(21)26-19)20(29)25-16-2-3-16;/h1,4,14-16,31H,2-3,5-13H2,(H2,24,26)(H,25,29);1H/b4-1+;. The van der Waals surface area contributed by atoms with Crippen LogP contribution in [0.1, 0.15) is 54.4 Å². The SMILES string of the molecule is Cl.Nc1nn2c(O)c(C(=O)NC3CC3)c(=O)n(CC3CCOCC3)c2c1/C=C/C1CCOCC1. The first kappa shape index (κ1) is 24.6. The fourth-order valence-corrected chi connectivity index (χ4v) is 4.62. The molecule has 2 aromatic rings. The van der Waals surface area contributed by atoms with E-state index in [1.165, 1.54) is 4.52 Å². The zero-order valence-corrected chi connectivity index (χ0v) is 19.9. The Morgan fingerprint density at radius 1 is 1.12 bits per heavy atom. The average Bonchev–Trinajstić information content (AvgIpc) is 3.57. The average molecular weight is 494 g/mol. The molecule has 0 unspecified atom stereocenters. The van der Waals surface area contributed by atoms with Crippen molar-refractivity contribution in [1.29, 1.82) is 0 Å². The number of fused-ring (bicyclic) bond motifs is 1. The van der Waals surface area contributed by atoms with Crippen LogP contribution in [-0.2, 0) is 16.0 Å². The molecule has 0 spiro atoms. The van der Waals surface area contributed by atoms with Gasteiger partial charge in [0.25, 0.3) is 11.5 Å². The first-order valence-electron chi connectivity index (χ1n) is 11.8. The zero-order valence-electron chi connectivity index (χ0n) is 19.1. The summed E-state index contributed by atoms with van der Waals surface area (Å²) < 4.78 is 13.7. The first-order chi connectivity index (χ1) is 16.0. The van der Waals surface area contributed by atoms with Gasteiger partial charge in [0.05, 0.1) is 5.56 Å². The van der Waals surface area contributed by atoms with Crippen molar-refractivity contribution >= 4 is 35.9 Å². The van der Waals surface area contributed by atoms with E-state index in [1.54, 1.807) is 4.57 Å². The van der Waals surface area contributed by atoms with E-state index < -0.39 is 17.3 Å². The number of hydrogen-bond donors (Lipinski definition) is 3. The molecule has 0 bridgehead atoms. The van der Waals surface area contributed by atoms with E-state index in [1.807, 2.05) is 6.08 Å². The number of carbonyl (C=O) groups excluding carboxylic acids is 1. The molecule has 4 heterocycles. The molecule has 34 heavy (non-hydrogen) atoms. The van der Waals surface area contributed by atoms with Crippen LogP contribution in [0.2, 0.25) is 0 Å². The Labute approximate surface area is 203 Å². The maximum Gasteiger partial charge on any atom is 0.270 e. The molecule has 10 nitrogen and oxygen atoms in total. The van der Waals surface area contributed by atoms with Crippen molar-refractivity contribution in [3.8, 4) is 5.88 Å².